The molecule has 0 bridgehead atoms. The summed E-state index contributed by atoms with van der Waals surface area (Å²) < 4.78 is 5.26. The highest BCUT2D eigenvalue weighted by molar-refractivity contribution is 7.10. The quantitative estimate of drug-likeness (QED) is 0.777. The zero-order chi connectivity index (χ0) is 13.9. The smallest absolute Gasteiger partial charge is 0.260 e. The van der Waals surface area contributed by atoms with E-state index in [1.807, 2.05) is 31.2 Å². The lowest BCUT2D eigenvalue weighted by molar-refractivity contribution is 0.425. The van der Waals surface area contributed by atoms with Gasteiger partial charge in [0.2, 0.25) is 0 Å². The Morgan fingerprint density at radius 3 is 2.75 bits per heavy atom. The molecule has 1 N–H and O–H groups in total. The normalized spacial score (nSPS) is 12.3. The van der Waals surface area contributed by atoms with Crippen LogP contribution in [0.5, 0.6) is 0 Å². The highest BCUT2D eigenvalue weighted by atomic mass is 32.1. The van der Waals surface area contributed by atoms with Gasteiger partial charge < -0.3 is 9.84 Å². The van der Waals surface area contributed by atoms with Crippen LogP contribution in [0, 0.1) is 6.92 Å². The van der Waals surface area contributed by atoms with Gasteiger partial charge in [0.25, 0.3) is 5.89 Å². The van der Waals surface area contributed by atoms with Crippen molar-refractivity contribution in [1.29, 1.82) is 0 Å². The van der Waals surface area contributed by atoms with Crippen molar-refractivity contribution in [3.05, 3.63) is 52.5 Å². The van der Waals surface area contributed by atoms with Crippen LogP contribution in [0.2, 0.25) is 0 Å². The monoisotopic (exact) mass is 285 g/mol. The van der Waals surface area contributed by atoms with Crippen LogP contribution in [0.3, 0.4) is 0 Å². The lowest BCUT2D eigenvalue weighted by Crippen LogP contribution is -2.05. The van der Waals surface area contributed by atoms with Gasteiger partial charge >= 0.3 is 0 Å². The van der Waals surface area contributed by atoms with E-state index in [4.69, 9.17) is 4.52 Å². The van der Waals surface area contributed by atoms with Crippen molar-refractivity contribution in [2.24, 2.45) is 0 Å². The Bertz CT molecular complexity index is 691. The number of hydrogen-bond donors (Lipinski definition) is 1. The standard InChI is InChI=1S/C15H15N3OS/c1-10(14-8-5-9-20-14)16-13-7-4-3-6-12(13)15-17-11(2)18-19-15/h3-10,16H,1-2H3. The van der Waals surface area contributed by atoms with Gasteiger partial charge in [-0.05, 0) is 37.4 Å². The number of rotatable bonds is 4. The third-order valence-electron chi connectivity index (χ3n) is 3.03. The maximum absolute atomic E-state index is 5.26. The summed E-state index contributed by atoms with van der Waals surface area (Å²) in [6, 6.07) is 12.4. The van der Waals surface area contributed by atoms with Crippen LogP contribution >= 0.6 is 11.3 Å². The minimum atomic E-state index is 0.236. The molecule has 3 rings (SSSR count). The Morgan fingerprint density at radius 1 is 1.20 bits per heavy atom. The average Bonchev–Trinajstić information content (AvgIpc) is 3.10. The van der Waals surface area contributed by atoms with E-state index in [0.29, 0.717) is 11.7 Å². The van der Waals surface area contributed by atoms with Crippen LogP contribution in [-0.2, 0) is 0 Å². The van der Waals surface area contributed by atoms with Crippen molar-refractivity contribution in [1.82, 2.24) is 10.1 Å². The summed E-state index contributed by atoms with van der Waals surface area (Å²) in [5.41, 5.74) is 1.92. The van der Waals surface area contributed by atoms with Gasteiger partial charge in [-0.3, -0.25) is 0 Å². The van der Waals surface area contributed by atoms with E-state index in [1.54, 1.807) is 11.3 Å². The van der Waals surface area contributed by atoms with E-state index in [-0.39, 0.29) is 6.04 Å². The van der Waals surface area contributed by atoms with Crippen molar-refractivity contribution >= 4 is 17.0 Å². The number of benzene rings is 1. The summed E-state index contributed by atoms with van der Waals surface area (Å²) in [6.07, 6.45) is 0. The zero-order valence-electron chi connectivity index (χ0n) is 11.3. The lowest BCUT2D eigenvalue weighted by Gasteiger charge is -2.15. The van der Waals surface area contributed by atoms with Crippen LogP contribution in [0.25, 0.3) is 11.5 Å². The van der Waals surface area contributed by atoms with Crippen molar-refractivity contribution in [3.63, 3.8) is 0 Å². The molecule has 0 aliphatic carbocycles. The molecule has 1 aromatic carbocycles. The molecule has 3 aromatic rings. The molecule has 0 aliphatic heterocycles. The van der Waals surface area contributed by atoms with E-state index in [0.717, 1.165) is 11.3 Å². The second-order valence-corrected chi connectivity index (χ2v) is 5.55. The Balaban J connectivity index is 1.90. The first kappa shape index (κ1) is 12.9. The first-order valence-electron chi connectivity index (χ1n) is 6.43. The first-order valence-corrected chi connectivity index (χ1v) is 7.31. The van der Waals surface area contributed by atoms with Gasteiger partial charge in [-0.15, -0.1) is 11.3 Å². The number of aryl methyl sites for hydroxylation is 1. The summed E-state index contributed by atoms with van der Waals surface area (Å²) in [5, 5.41) is 9.44. The predicted molar refractivity (Wildman–Crippen MR) is 80.8 cm³/mol. The van der Waals surface area contributed by atoms with E-state index >= 15 is 0 Å². The topological polar surface area (TPSA) is 51.0 Å². The van der Waals surface area contributed by atoms with Gasteiger partial charge in [-0.25, -0.2) is 0 Å². The molecule has 0 fully saturated rings. The number of hydrogen-bond acceptors (Lipinski definition) is 5. The highest BCUT2D eigenvalue weighted by Gasteiger charge is 2.13. The fourth-order valence-corrected chi connectivity index (χ4v) is 2.78. The van der Waals surface area contributed by atoms with Crippen molar-refractivity contribution in [2.45, 2.75) is 19.9 Å². The summed E-state index contributed by atoms with van der Waals surface area (Å²) in [7, 11) is 0. The van der Waals surface area contributed by atoms with Crippen molar-refractivity contribution in [2.75, 3.05) is 5.32 Å². The highest BCUT2D eigenvalue weighted by Crippen LogP contribution is 2.30. The maximum Gasteiger partial charge on any atom is 0.260 e. The number of thiophene rings is 1. The number of aromatic nitrogens is 2. The molecule has 0 amide bonds. The van der Waals surface area contributed by atoms with Gasteiger partial charge in [-0.2, -0.15) is 4.98 Å². The van der Waals surface area contributed by atoms with Crippen molar-refractivity contribution in [3.8, 4) is 11.5 Å². The molecule has 20 heavy (non-hydrogen) atoms. The van der Waals surface area contributed by atoms with E-state index < -0.39 is 0 Å². The Labute approximate surface area is 121 Å². The number of para-hydroxylation sites is 1. The zero-order valence-corrected chi connectivity index (χ0v) is 12.1. The summed E-state index contributed by atoms with van der Waals surface area (Å²) in [4.78, 5) is 5.59. The molecule has 102 valence electrons. The average molecular weight is 285 g/mol. The van der Waals surface area contributed by atoms with Crippen LogP contribution in [0.1, 0.15) is 23.7 Å². The summed E-state index contributed by atoms with van der Waals surface area (Å²) >= 11 is 1.74. The third-order valence-corrected chi connectivity index (χ3v) is 4.08. The molecule has 1 atom stereocenters. The second-order valence-electron chi connectivity index (χ2n) is 4.57. The molecule has 0 saturated heterocycles. The van der Waals surface area contributed by atoms with Crippen LogP contribution in [0.15, 0.2) is 46.3 Å². The van der Waals surface area contributed by atoms with Gasteiger partial charge in [-0.1, -0.05) is 23.4 Å². The summed E-state index contributed by atoms with van der Waals surface area (Å²) in [5.74, 6) is 1.19. The van der Waals surface area contributed by atoms with Gasteiger partial charge in [0.15, 0.2) is 5.82 Å². The Kier molecular flexibility index (Phi) is 3.52. The Hall–Kier alpha value is -2.14. The first-order chi connectivity index (χ1) is 9.74. The maximum atomic E-state index is 5.26. The summed E-state index contributed by atoms with van der Waals surface area (Å²) in [6.45, 7) is 3.96. The van der Waals surface area contributed by atoms with Gasteiger partial charge in [0.05, 0.1) is 11.6 Å². The van der Waals surface area contributed by atoms with E-state index in [1.165, 1.54) is 4.88 Å². The minimum absolute atomic E-state index is 0.236. The van der Waals surface area contributed by atoms with E-state index in [2.05, 4.69) is 39.9 Å². The minimum Gasteiger partial charge on any atom is -0.377 e. The third kappa shape index (κ3) is 2.58. The lowest BCUT2D eigenvalue weighted by atomic mass is 10.1. The van der Waals surface area contributed by atoms with Crippen LogP contribution in [0.4, 0.5) is 5.69 Å². The van der Waals surface area contributed by atoms with Gasteiger partial charge in [0, 0.05) is 10.6 Å². The van der Waals surface area contributed by atoms with Crippen LogP contribution in [-0.4, -0.2) is 10.1 Å². The molecule has 0 radical (unpaired) electrons. The molecule has 2 aromatic heterocycles. The molecule has 4 nitrogen and oxygen atoms in total. The molecule has 0 saturated carbocycles. The fourth-order valence-electron chi connectivity index (χ4n) is 2.04. The number of nitrogens with zero attached hydrogens (tertiary/aromatic N) is 2. The van der Waals surface area contributed by atoms with Crippen LogP contribution < -0.4 is 5.32 Å². The molecular weight excluding hydrogens is 270 g/mol. The molecule has 1 unspecified atom stereocenters. The molecule has 2 heterocycles. The SMILES string of the molecule is Cc1noc(-c2ccccc2NC(C)c2cccs2)n1. The van der Waals surface area contributed by atoms with Crippen molar-refractivity contribution < 1.29 is 4.52 Å². The van der Waals surface area contributed by atoms with Gasteiger partial charge in [0.1, 0.15) is 0 Å². The number of nitrogens with one attached hydrogen (secondary N) is 1. The molecule has 0 spiro atoms. The molecular formula is C15H15N3OS. The molecule has 0 aliphatic rings. The number of anilines is 1. The molecule has 5 heteroatoms. The fraction of sp³-hybridized carbons (Fsp3) is 0.200. The largest absolute Gasteiger partial charge is 0.377 e. The second kappa shape index (κ2) is 5.46. The van der Waals surface area contributed by atoms with E-state index in [9.17, 15) is 0 Å². The Morgan fingerprint density at radius 2 is 2.05 bits per heavy atom. The predicted octanol–water partition coefficient (Wildman–Crippen LogP) is 4.28.